The summed E-state index contributed by atoms with van der Waals surface area (Å²) in [5.41, 5.74) is 0. The summed E-state index contributed by atoms with van der Waals surface area (Å²) in [6.07, 6.45) is 20.5. The summed E-state index contributed by atoms with van der Waals surface area (Å²) in [5.74, 6) is 0.847. The highest BCUT2D eigenvalue weighted by atomic mass is 16.3. The number of rotatable bonds is 13. The molecule has 0 fully saturated rings. The van der Waals surface area contributed by atoms with Gasteiger partial charge in [0.1, 0.15) is 12.4 Å². The van der Waals surface area contributed by atoms with Crippen molar-refractivity contribution in [3.63, 3.8) is 0 Å². The van der Waals surface area contributed by atoms with E-state index in [-0.39, 0.29) is 0 Å². The first-order valence-corrected chi connectivity index (χ1v) is 9.82. The van der Waals surface area contributed by atoms with Crippen LogP contribution < -0.4 is 9.67 Å². The van der Waals surface area contributed by atoms with Gasteiger partial charge in [0.05, 0.1) is 13.1 Å². The smallest absolute Gasteiger partial charge is 0.243 e. The monoisotopic (exact) mass is 338 g/mol. The zero-order valence-electron chi connectivity index (χ0n) is 16.1. The van der Waals surface area contributed by atoms with Crippen LogP contribution in [0, 0.1) is 5.92 Å². The molecule has 0 aromatic carbocycles. The Hall–Kier alpha value is -1.32. The SMILES string of the molecule is CCCCCCCCn1cc[n+](CC(CC)CCCC)c1.O=C[O-]. The minimum Gasteiger partial charge on any atom is -0.554 e. The van der Waals surface area contributed by atoms with Crippen LogP contribution in [-0.4, -0.2) is 11.0 Å². The maximum absolute atomic E-state index is 8.25. The maximum Gasteiger partial charge on any atom is 0.243 e. The third-order valence-electron chi connectivity index (χ3n) is 4.53. The molecule has 0 bridgehead atoms. The first kappa shape index (κ1) is 22.7. The van der Waals surface area contributed by atoms with Gasteiger partial charge in [-0.05, 0) is 31.6 Å². The molecule has 140 valence electrons. The van der Waals surface area contributed by atoms with Crippen molar-refractivity contribution in [2.75, 3.05) is 0 Å². The minimum atomic E-state index is -0.500. The van der Waals surface area contributed by atoms with E-state index in [1.54, 1.807) is 0 Å². The molecule has 4 heteroatoms. The van der Waals surface area contributed by atoms with E-state index in [1.807, 2.05) is 0 Å². The Labute approximate surface area is 148 Å². The number of imidazole rings is 1. The van der Waals surface area contributed by atoms with Crippen LogP contribution in [0.1, 0.15) is 85.0 Å². The van der Waals surface area contributed by atoms with Crippen LogP contribution in [0.2, 0.25) is 0 Å². The summed E-state index contributed by atoms with van der Waals surface area (Å²) in [7, 11) is 0. The van der Waals surface area contributed by atoms with Gasteiger partial charge in [-0.1, -0.05) is 59.3 Å². The molecule has 0 radical (unpaired) electrons. The Morgan fingerprint density at radius 1 is 1.04 bits per heavy atom. The quantitative estimate of drug-likeness (QED) is 0.313. The number of unbranched alkanes of at least 4 members (excludes halogenated alkanes) is 6. The Kier molecular flexibility index (Phi) is 15.6. The van der Waals surface area contributed by atoms with Crippen molar-refractivity contribution < 1.29 is 14.5 Å². The number of carbonyl (C=O) groups is 1. The van der Waals surface area contributed by atoms with Crippen LogP contribution in [0.25, 0.3) is 0 Å². The minimum absolute atomic E-state index is 0.500. The van der Waals surface area contributed by atoms with Gasteiger partial charge >= 0.3 is 0 Å². The third-order valence-corrected chi connectivity index (χ3v) is 4.53. The van der Waals surface area contributed by atoms with Gasteiger partial charge in [0.15, 0.2) is 0 Å². The van der Waals surface area contributed by atoms with Crippen LogP contribution >= 0.6 is 0 Å². The summed E-state index contributed by atoms with van der Waals surface area (Å²) in [4.78, 5) is 8.25. The molecule has 0 aliphatic rings. The predicted octanol–water partition coefficient (Wildman–Crippen LogP) is 3.72. The molecule has 4 nitrogen and oxygen atoms in total. The van der Waals surface area contributed by atoms with Crippen molar-refractivity contribution in [2.24, 2.45) is 5.92 Å². The number of carboxylic acid groups (broad SMARTS) is 1. The number of hydrogen-bond acceptors (Lipinski definition) is 2. The van der Waals surface area contributed by atoms with E-state index in [0.717, 1.165) is 5.92 Å². The third kappa shape index (κ3) is 12.1. The molecule has 1 aromatic rings. The predicted molar refractivity (Wildman–Crippen MR) is 97.4 cm³/mol. The molecule has 0 saturated carbocycles. The average Bonchev–Trinajstić information content (AvgIpc) is 3.03. The first-order valence-electron chi connectivity index (χ1n) is 9.82. The molecule has 1 atom stereocenters. The summed E-state index contributed by atoms with van der Waals surface area (Å²) >= 11 is 0. The molecule has 0 amide bonds. The van der Waals surface area contributed by atoms with Crippen LogP contribution in [0.15, 0.2) is 18.7 Å². The molecule has 0 aliphatic carbocycles. The van der Waals surface area contributed by atoms with E-state index in [0.29, 0.717) is 0 Å². The van der Waals surface area contributed by atoms with E-state index in [2.05, 4.69) is 48.6 Å². The molecule has 0 saturated heterocycles. The zero-order valence-corrected chi connectivity index (χ0v) is 16.1. The van der Waals surface area contributed by atoms with Crippen LogP contribution in [0.4, 0.5) is 0 Å². The highest BCUT2D eigenvalue weighted by Crippen LogP contribution is 2.12. The molecule has 1 unspecified atom stereocenters. The van der Waals surface area contributed by atoms with E-state index in [4.69, 9.17) is 9.90 Å². The lowest BCUT2D eigenvalue weighted by Gasteiger charge is -2.11. The van der Waals surface area contributed by atoms with Crippen LogP contribution in [0.3, 0.4) is 0 Å². The van der Waals surface area contributed by atoms with Crippen molar-refractivity contribution in [3.05, 3.63) is 18.7 Å². The van der Waals surface area contributed by atoms with Crippen LogP contribution in [-0.2, 0) is 17.9 Å². The van der Waals surface area contributed by atoms with Gasteiger partial charge in [0, 0.05) is 6.47 Å². The number of aromatic nitrogens is 2. The lowest BCUT2D eigenvalue weighted by molar-refractivity contribution is -0.703. The number of carbonyl (C=O) groups excluding carboxylic acids is 1. The van der Waals surface area contributed by atoms with E-state index in [9.17, 15) is 0 Å². The Bertz CT molecular complexity index is 391. The number of aryl methyl sites for hydroxylation is 1. The fourth-order valence-corrected chi connectivity index (χ4v) is 2.97. The number of hydrogen-bond donors (Lipinski definition) is 0. The van der Waals surface area contributed by atoms with Crippen molar-refractivity contribution in [2.45, 2.75) is 98.1 Å². The van der Waals surface area contributed by atoms with Gasteiger partial charge in [-0.3, -0.25) is 0 Å². The van der Waals surface area contributed by atoms with Gasteiger partial charge in [-0.15, -0.1) is 0 Å². The van der Waals surface area contributed by atoms with Gasteiger partial charge in [-0.25, -0.2) is 9.13 Å². The molecule has 1 heterocycles. The molecule has 1 aromatic heterocycles. The van der Waals surface area contributed by atoms with E-state index in [1.165, 1.54) is 77.3 Å². The second-order valence-electron chi connectivity index (χ2n) is 6.63. The summed E-state index contributed by atoms with van der Waals surface area (Å²) in [6, 6.07) is 0. The highest BCUT2D eigenvalue weighted by Gasteiger charge is 2.11. The summed E-state index contributed by atoms with van der Waals surface area (Å²) < 4.78 is 4.76. The van der Waals surface area contributed by atoms with Gasteiger partial charge < -0.3 is 9.90 Å². The molecule has 1 rings (SSSR count). The van der Waals surface area contributed by atoms with Crippen LogP contribution in [0.5, 0.6) is 0 Å². The molecule has 0 spiro atoms. The van der Waals surface area contributed by atoms with Gasteiger partial charge in [-0.2, -0.15) is 0 Å². The second kappa shape index (κ2) is 16.5. The molecular formula is C20H38N2O2. The first-order chi connectivity index (χ1) is 11.7. The molecule has 0 aliphatic heterocycles. The number of nitrogens with zero attached hydrogens (tertiary/aromatic N) is 2. The van der Waals surface area contributed by atoms with Gasteiger partial charge in [0.25, 0.3) is 0 Å². The second-order valence-corrected chi connectivity index (χ2v) is 6.63. The molecule has 24 heavy (non-hydrogen) atoms. The molecular weight excluding hydrogens is 300 g/mol. The van der Waals surface area contributed by atoms with Crippen molar-refractivity contribution in [1.82, 2.24) is 4.57 Å². The fourth-order valence-electron chi connectivity index (χ4n) is 2.97. The summed E-state index contributed by atoms with van der Waals surface area (Å²) in [5, 5.41) is 8.25. The largest absolute Gasteiger partial charge is 0.554 e. The topological polar surface area (TPSA) is 48.9 Å². The fraction of sp³-hybridized carbons (Fsp3) is 0.800. The Balaban J connectivity index is 0.00000163. The lowest BCUT2D eigenvalue weighted by Crippen LogP contribution is -2.35. The zero-order chi connectivity index (χ0) is 18.0. The highest BCUT2D eigenvalue weighted by molar-refractivity contribution is 5.29. The Morgan fingerprint density at radius 2 is 1.67 bits per heavy atom. The molecule has 0 N–H and O–H groups in total. The normalized spacial score (nSPS) is 11.6. The van der Waals surface area contributed by atoms with E-state index < -0.39 is 6.47 Å². The standard InChI is InChI=1S/C19H37N2.CH2O2/c1-4-7-9-10-11-12-14-20-15-16-21(18-20)17-19(6-3)13-8-5-2;2-1-3/h15-16,18-19H,4-14,17H2,1-3H3;1H,(H,2,3)/q+1;/p-1. The van der Waals surface area contributed by atoms with Gasteiger partial charge in [0.2, 0.25) is 6.33 Å². The van der Waals surface area contributed by atoms with Crippen molar-refractivity contribution in [1.29, 1.82) is 0 Å². The lowest BCUT2D eigenvalue weighted by atomic mass is 9.99. The Morgan fingerprint density at radius 3 is 2.29 bits per heavy atom. The van der Waals surface area contributed by atoms with E-state index >= 15 is 0 Å². The maximum atomic E-state index is 8.25. The van der Waals surface area contributed by atoms with Crippen molar-refractivity contribution in [3.8, 4) is 0 Å². The van der Waals surface area contributed by atoms with Crippen molar-refractivity contribution >= 4 is 6.47 Å². The summed E-state index contributed by atoms with van der Waals surface area (Å²) in [6.45, 7) is 8.78. The average molecular weight is 339 g/mol.